The van der Waals surface area contributed by atoms with Crippen LogP contribution < -0.4 is 10.2 Å². The fourth-order valence-corrected chi connectivity index (χ4v) is 2.89. The van der Waals surface area contributed by atoms with Crippen molar-refractivity contribution in [2.24, 2.45) is 0 Å². The topological polar surface area (TPSA) is 15.3 Å². The Morgan fingerprint density at radius 3 is 2.72 bits per heavy atom. The molecule has 1 aromatic carbocycles. The quantitative estimate of drug-likeness (QED) is 0.788. The van der Waals surface area contributed by atoms with Gasteiger partial charge in [-0.05, 0) is 62.0 Å². The van der Waals surface area contributed by atoms with Crippen LogP contribution in [0.4, 0.5) is 11.4 Å². The van der Waals surface area contributed by atoms with Gasteiger partial charge >= 0.3 is 0 Å². The van der Waals surface area contributed by atoms with Crippen LogP contribution in [-0.4, -0.2) is 31.6 Å². The molecule has 0 spiro atoms. The number of rotatable bonds is 6. The third-order valence-corrected chi connectivity index (χ3v) is 4.22. The fourth-order valence-electron chi connectivity index (χ4n) is 2.46. The fraction of sp³-hybridized carbons (Fsp3) is 0.600. The van der Waals surface area contributed by atoms with E-state index in [1.165, 1.54) is 55.0 Å². The SMILES string of the molecule is CSCCCNc1ccc(N2CCCC2)cc1C. The van der Waals surface area contributed by atoms with Crippen LogP contribution >= 0.6 is 11.8 Å². The van der Waals surface area contributed by atoms with Gasteiger partial charge in [0.25, 0.3) is 0 Å². The second-order valence-electron chi connectivity index (χ2n) is 4.97. The minimum absolute atomic E-state index is 1.07. The number of nitrogens with one attached hydrogen (secondary N) is 1. The molecule has 1 saturated heterocycles. The lowest BCUT2D eigenvalue weighted by atomic mass is 10.1. The van der Waals surface area contributed by atoms with Crippen LogP contribution in [-0.2, 0) is 0 Å². The average molecular weight is 264 g/mol. The van der Waals surface area contributed by atoms with Crippen molar-refractivity contribution in [3.63, 3.8) is 0 Å². The third kappa shape index (κ3) is 3.58. The van der Waals surface area contributed by atoms with Crippen LogP contribution in [0.1, 0.15) is 24.8 Å². The summed E-state index contributed by atoms with van der Waals surface area (Å²) in [6, 6.07) is 6.82. The molecule has 3 heteroatoms. The predicted molar refractivity (Wildman–Crippen MR) is 84.1 cm³/mol. The molecule has 0 aliphatic carbocycles. The van der Waals surface area contributed by atoms with E-state index in [1.807, 2.05) is 11.8 Å². The van der Waals surface area contributed by atoms with Crippen LogP contribution in [0.25, 0.3) is 0 Å². The Balaban J connectivity index is 1.92. The molecule has 1 fully saturated rings. The monoisotopic (exact) mass is 264 g/mol. The summed E-state index contributed by atoms with van der Waals surface area (Å²) in [7, 11) is 0. The Morgan fingerprint density at radius 2 is 2.06 bits per heavy atom. The van der Waals surface area contributed by atoms with Gasteiger partial charge in [0.1, 0.15) is 0 Å². The van der Waals surface area contributed by atoms with E-state index >= 15 is 0 Å². The summed E-state index contributed by atoms with van der Waals surface area (Å²) >= 11 is 1.91. The van der Waals surface area contributed by atoms with Crippen molar-refractivity contribution in [3.8, 4) is 0 Å². The molecule has 0 bridgehead atoms. The molecule has 0 amide bonds. The van der Waals surface area contributed by atoms with Gasteiger partial charge in [-0.25, -0.2) is 0 Å². The van der Waals surface area contributed by atoms with Crippen molar-refractivity contribution in [2.75, 3.05) is 41.9 Å². The number of nitrogens with zero attached hydrogens (tertiary/aromatic N) is 1. The van der Waals surface area contributed by atoms with Crippen LogP contribution in [0, 0.1) is 6.92 Å². The first-order chi connectivity index (χ1) is 8.81. The van der Waals surface area contributed by atoms with E-state index in [4.69, 9.17) is 0 Å². The van der Waals surface area contributed by atoms with Gasteiger partial charge < -0.3 is 10.2 Å². The number of hydrogen-bond acceptors (Lipinski definition) is 3. The molecular weight excluding hydrogens is 240 g/mol. The van der Waals surface area contributed by atoms with Gasteiger partial charge in [-0.2, -0.15) is 11.8 Å². The number of anilines is 2. The molecule has 1 N–H and O–H groups in total. The maximum Gasteiger partial charge on any atom is 0.0371 e. The number of benzene rings is 1. The van der Waals surface area contributed by atoms with Crippen LogP contribution in [0.15, 0.2) is 18.2 Å². The van der Waals surface area contributed by atoms with Crippen molar-refractivity contribution in [1.29, 1.82) is 0 Å². The Labute approximate surface area is 115 Å². The van der Waals surface area contributed by atoms with E-state index in [9.17, 15) is 0 Å². The van der Waals surface area contributed by atoms with Gasteiger partial charge in [0, 0.05) is 31.0 Å². The standard InChI is InChI=1S/C15H24N2S/c1-13-12-14(17-9-3-4-10-17)6-7-15(13)16-8-5-11-18-2/h6-7,12,16H,3-5,8-11H2,1-2H3. The first kappa shape index (κ1) is 13.6. The van der Waals surface area contributed by atoms with Crippen LogP contribution in [0.3, 0.4) is 0 Å². The van der Waals surface area contributed by atoms with Crippen LogP contribution in [0.2, 0.25) is 0 Å². The van der Waals surface area contributed by atoms with Crippen molar-refractivity contribution < 1.29 is 0 Å². The first-order valence-corrected chi connectivity index (χ1v) is 8.29. The highest BCUT2D eigenvalue weighted by Gasteiger charge is 2.12. The Kier molecular flexibility index (Phi) is 5.24. The van der Waals surface area contributed by atoms with Crippen molar-refractivity contribution in [2.45, 2.75) is 26.2 Å². The molecule has 2 nitrogen and oxygen atoms in total. The van der Waals surface area contributed by atoms with Gasteiger partial charge in [0.15, 0.2) is 0 Å². The zero-order chi connectivity index (χ0) is 12.8. The summed E-state index contributed by atoms with van der Waals surface area (Å²) in [4.78, 5) is 2.49. The molecule has 1 aliphatic rings. The summed E-state index contributed by atoms with van der Waals surface area (Å²) in [6.07, 6.45) is 6.08. The number of thioether (sulfide) groups is 1. The largest absolute Gasteiger partial charge is 0.385 e. The van der Waals surface area contributed by atoms with E-state index in [-0.39, 0.29) is 0 Å². The molecule has 2 rings (SSSR count). The lowest BCUT2D eigenvalue weighted by Gasteiger charge is -2.19. The molecular formula is C15H24N2S. The molecule has 0 saturated carbocycles. The third-order valence-electron chi connectivity index (χ3n) is 3.52. The second-order valence-corrected chi connectivity index (χ2v) is 5.95. The predicted octanol–water partition coefficient (Wildman–Crippen LogP) is 3.76. The molecule has 100 valence electrons. The molecule has 0 atom stereocenters. The minimum atomic E-state index is 1.07. The van der Waals surface area contributed by atoms with Gasteiger partial charge in [0.05, 0.1) is 0 Å². The lowest BCUT2D eigenvalue weighted by molar-refractivity contribution is 0.949. The molecule has 1 aliphatic heterocycles. The average Bonchev–Trinajstić information content (AvgIpc) is 2.90. The van der Waals surface area contributed by atoms with E-state index in [1.54, 1.807) is 0 Å². The summed E-state index contributed by atoms with van der Waals surface area (Å²) in [5.74, 6) is 1.23. The Hall–Kier alpha value is -0.830. The zero-order valence-electron chi connectivity index (χ0n) is 11.5. The van der Waals surface area contributed by atoms with E-state index < -0.39 is 0 Å². The first-order valence-electron chi connectivity index (χ1n) is 6.89. The molecule has 0 unspecified atom stereocenters. The smallest absolute Gasteiger partial charge is 0.0371 e. The summed E-state index contributed by atoms with van der Waals surface area (Å²) < 4.78 is 0. The lowest BCUT2D eigenvalue weighted by Crippen LogP contribution is -2.17. The summed E-state index contributed by atoms with van der Waals surface area (Å²) in [5, 5.41) is 3.53. The highest BCUT2D eigenvalue weighted by atomic mass is 32.2. The molecule has 0 aromatic heterocycles. The van der Waals surface area contributed by atoms with Gasteiger partial charge in [-0.15, -0.1) is 0 Å². The Bertz CT molecular complexity index is 373. The van der Waals surface area contributed by atoms with E-state index in [0.717, 1.165) is 6.54 Å². The van der Waals surface area contributed by atoms with E-state index in [0.29, 0.717) is 0 Å². The highest BCUT2D eigenvalue weighted by Crippen LogP contribution is 2.25. The van der Waals surface area contributed by atoms with Gasteiger partial charge in [-0.1, -0.05) is 0 Å². The maximum absolute atomic E-state index is 3.53. The summed E-state index contributed by atoms with van der Waals surface area (Å²) in [6.45, 7) is 5.72. The van der Waals surface area contributed by atoms with Crippen molar-refractivity contribution in [3.05, 3.63) is 23.8 Å². The zero-order valence-corrected chi connectivity index (χ0v) is 12.4. The van der Waals surface area contributed by atoms with Crippen molar-refractivity contribution >= 4 is 23.1 Å². The minimum Gasteiger partial charge on any atom is -0.385 e. The van der Waals surface area contributed by atoms with E-state index in [2.05, 4.69) is 41.6 Å². The summed E-state index contributed by atoms with van der Waals surface area (Å²) in [5.41, 5.74) is 4.04. The Morgan fingerprint density at radius 1 is 1.28 bits per heavy atom. The second kappa shape index (κ2) is 6.93. The molecule has 0 radical (unpaired) electrons. The normalized spacial score (nSPS) is 15.1. The number of aryl methyl sites for hydroxylation is 1. The molecule has 18 heavy (non-hydrogen) atoms. The maximum atomic E-state index is 3.53. The van der Waals surface area contributed by atoms with Crippen LogP contribution in [0.5, 0.6) is 0 Å². The van der Waals surface area contributed by atoms with Gasteiger partial charge in [-0.3, -0.25) is 0 Å². The number of hydrogen-bond donors (Lipinski definition) is 1. The van der Waals surface area contributed by atoms with Crippen molar-refractivity contribution in [1.82, 2.24) is 0 Å². The highest BCUT2D eigenvalue weighted by molar-refractivity contribution is 7.98. The molecule has 1 aromatic rings. The molecule has 1 heterocycles. The van der Waals surface area contributed by atoms with Gasteiger partial charge in [0.2, 0.25) is 0 Å².